The maximum absolute atomic E-state index is 12.0. The number of hydrogen-bond acceptors (Lipinski definition) is 4. The number of hydrogen-bond donors (Lipinski definition) is 1. The van der Waals surface area contributed by atoms with Crippen LogP contribution in [0, 0.1) is 13.8 Å². The van der Waals surface area contributed by atoms with E-state index in [0.29, 0.717) is 0 Å². The second-order valence-electron chi connectivity index (χ2n) is 6.70. The standard InChI is InChI=1S/C20H25N3O2/c1-15-5-3-7-18(16(15)2)19(20(24)25)23-11-9-22(10-12-23)14-17-6-4-8-21-13-17/h3-8,13,19H,9-12,14H2,1-2H3,(H,24,25)/t19-/m0/s1. The van der Waals surface area contributed by atoms with Crippen LogP contribution in [0.4, 0.5) is 0 Å². The van der Waals surface area contributed by atoms with Crippen LogP contribution in [0.15, 0.2) is 42.7 Å². The zero-order chi connectivity index (χ0) is 17.8. The van der Waals surface area contributed by atoms with Gasteiger partial charge in [-0.1, -0.05) is 24.3 Å². The number of piperazine rings is 1. The number of benzene rings is 1. The molecule has 1 aliphatic rings. The van der Waals surface area contributed by atoms with Crippen molar-refractivity contribution in [2.45, 2.75) is 26.4 Å². The molecular weight excluding hydrogens is 314 g/mol. The van der Waals surface area contributed by atoms with Crippen molar-refractivity contribution in [2.24, 2.45) is 0 Å². The van der Waals surface area contributed by atoms with Gasteiger partial charge in [-0.25, -0.2) is 0 Å². The molecule has 1 fully saturated rings. The van der Waals surface area contributed by atoms with Gasteiger partial charge in [0.1, 0.15) is 6.04 Å². The van der Waals surface area contributed by atoms with E-state index in [9.17, 15) is 9.90 Å². The zero-order valence-electron chi connectivity index (χ0n) is 14.9. The van der Waals surface area contributed by atoms with Gasteiger partial charge in [0.2, 0.25) is 0 Å². The lowest BCUT2D eigenvalue weighted by atomic mass is 9.96. The molecular formula is C20H25N3O2. The highest BCUT2D eigenvalue weighted by molar-refractivity contribution is 5.76. The quantitative estimate of drug-likeness (QED) is 0.907. The first-order chi connectivity index (χ1) is 12.1. The Bertz CT molecular complexity index is 725. The van der Waals surface area contributed by atoms with Gasteiger partial charge < -0.3 is 5.11 Å². The third-order valence-corrected chi connectivity index (χ3v) is 5.08. The second-order valence-corrected chi connectivity index (χ2v) is 6.70. The largest absolute Gasteiger partial charge is 0.480 e. The lowest BCUT2D eigenvalue weighted by Gasteiger charge is -2.38. The molecule has 5 heteroatoms. The highest BCUT2D eigenvalue weighted by Gasteiger charge is 2.31. The normalized spacial score (nSPS) is 17.4. The van der Waals surface area contributed by atoms with Crippen LogP contribution in [-0.4, -0.2) is 52.0 Å². The average Bonchev–Trinajstić information content (AvgIpc) is 2.61. The van der Waals surface area contributed by atoms with Gasteiger partial charge in [0.05, 0.1) is 0 Å². The maximum atomic E-state index is 12.0. The molecule has 3 rings (SSSR count). The molecule has 1 aromatic carbocycles. The molecule has 0 radical (unpaired) electrons. The van der Waals surface area contributed by atoms with Gasteiger partial charge in [0, 0.05) is 45.1 Å². The monoisotopic (exact) mass is 339 g/mol. The summed E-state index contributed by atoms with van der Waals surface area (Å²) in [7, 11) is 0. The molecule has 2 heterocycles. The minimum absolute atomic E-state index is 0.569. The van der Waals surface area contributed by atoms with Crippen molar-refractivity contribution < 1.29 is 9.90 Å². The molecule has 0 unspecified atom stereocenters. The third kappa shape index (κ3) is 4.06. The number of carboxylic acids is 1. The molecule has 25 heavy (non-hydrogen) atoms. The summed E-state index contributed by atoms with van der Waals surface area (Å²) >= 11 is 0. The van der Waals surface area contributed by atoms with E-state index in [2.05, 4.69) is 20.9 Å². The van der Waals surface area contributed by atoms with Gasteiger partial charge in [-0.2, -0.15) is 0 Å². The zero-order valence-corrected chi connectivity index (χ0v) is 14.9. The topological polar surface area (TPSA) is 56.7 Å². The van der Waals surface area contributed by atoms with Crippen LogP contribution in [0.5, 0.6) is 0 Å². The summed E-state index contributed by atoms with van der Waals surface area (Å²) in [6, 6.07) is 9.39. The van der Waals surface area contributed by atoms with Crippen molar-refractivity contribution in [2.75, 3.05) is 26.2 Å². The maximum Gasteiger partial charge on any atom is 0.325 e. The van der Waals surface area contributed by atoms with Gasteiger partial charge in [0.15, 0.2) is 0 Å². The van der Waals surface area contributed by atoms with Gasteiger partial charge in [-0.3, -0.25) is 19.6 Å². The summed E-state index contributed by atoms with van der Waals surface area (Å²) in [4.78, 5) is 20.6. The first-order valence-corrected chi connectivity index (χ1v) is 8.70. The van der Waals surface area contributed by atoms with Crippen molar-refractivity contribution in [3.63, 3.8) is 0 Å². The van der Waals surface area contributed by atoms with Gasteiger partial charge >= 0.3 is 5.97 Å². The highest BCUT2D eigenvalue weighted by Crippen LogP contribution is 2.27. The van der Waals surface area contributed by atoms with Crippen molar-refractivity contribution in [3.8, 4) is 0 Å². The predicted molar refractivity (Wildman–Crippen MR) is 97.4 cm³/mol. The van der Waals surface area contributed by atoms with E-state index >= 15 is 0 Å². The number of carbonyl (C=O) groups is 1. The number of aliphatic carboxylic acids is 1. The summed E-state index contributed by atoms with van der Waals surface area (Å²) in [5, 5.41) is 9.83. The molecule has 0 spiro atoms. The molecule has 5 nitrogen and oxygen atoms in total. The van der Waals surface area contributed by atoms with Crippen LogP contribution < -0.4 is 0 Å². The SMILES string of the molecule is Cc1cccc([C@@H](C(=O)O)N2CCN(Cc3cccnc3)CC2)c1C. The predicted octanol–water partition coefficient (Wildman–Crippen LogP) is 2.64. The first-order valence-electron chi connectivity index (χ1n) is 8.70. The number of aryl methyl sites for hydroxylation is 1. The van der Waals surface area contributed by atoms with E-state index in [1.54, 1.807) is 6.20 Å². The van der Waals surface area contributed by atoms with E-state index in [0.717, 1.165) is 49.4 Å². The Morgan fingerprint density at radius 3 is 2.56 bits per heavy atom. The van der Waals surface area contributed by atoms with Crippen LogP contribution in [0.2, 0.25) is 0 Å². The van der Waals surface area contributed by atoms with Gasteiger partial charge in [-0.05, 0) is 42.2 Å². The van der Waals surface area contributed by atoms with Crippen LogP contribution in [-0.2, 0) is 11.3 Å². The van der Waals surface area contributed by atoms with Gasteiger partial charge in [0.25, 0.3) is 0 Å². The Kier molecular flexibility index (Phi) is 5.46. The van der Waals surface area contributed by atoms with E-state index in [1.807, 2.05) is 44.3 Å². The number of nitrogens with zero attached hydrogens (tertiary/aromatic N) is 3. The van der Waals surface area contributed by atoms with E-state index < -0.39 is 12.0 Å². The van der Waals surface area contributed by atoms with Gasteiger partial charge in [-0.15, -0.1) is 0 Å². The molecule has 0 saturated carbocycles. The summed E-state index contributed by atoms with van der Waals surface area (Å²) < 4.78 is 0. The van der Waals surface area contributed by atoms with Crippen LogP contribution in [0.25, 0.3) is 0 Å². The molecule has 0 bridgehead atoms. The Labute approximate surface area is 148 Å². The van der Waals surface area contributed by atoms with E-state index in [1.165, 1.54) is 5.56 Å². The molecule has 1 aliphatic heterocycles. The molecule has 2 aromatic rings. The lowest BCUT2D eigenvalue weighted by Crippen LogP contribution is -2.49. The number of rotatable bonds is 5. The van der Waals surface area contributed by atoms with Crippen LogP contribution >= 0.6 is 0 Å². The van der Waals surface area contributed by atoms with E-state index in [-0.39, 0.29) is 0 Å². The molecule has 0 amide bonds. The Morgan fingerprint density at radius 1 is 1.16 bits per heavy atom. The Hall–Kier alpha value is -2.24. The van der Waals surface area contributed by atoms with Crippen molar-refractivity contribution in [1.29, 1.82) is 0 Å². The molecule has 1 aromatic heterocycles. The fourth-order valence-corrected chi connectivity index (χ4v) is 3.49. The molecule has 1 atom stereocenters. The summed E-state index contributed by atoms with van der Waals surface area (Å²) in [5.41, 5.74) is 4.32. The first kappa shape index (κ1) is 17.6. The van der Waals surface area contributed by atoms with Crippen molar-refractivity contribution in [1.82, 2.24) is 14.8 Å². The minimum atomic E-state index is -0.769. The summed E-state index contributed by atoms with van der Waals surface area (Å²) in [5.74, 6) is -0.769. The lowest BCUT2D eigenvalue weighted by molar-refractivity contribution is -0.144. The van der Waals surface area contributed by atoms with E-state index in [4.69, 9.17) is 0 Å². The molecule has 1 N–H and O–H groups in total. The minimum Gasteiger partial charge on any atom is -0.480 e. The van der Waals surface area contributed by atoms with Crippen molar-refractivity contribution >= 4 is 5.97 Å². The number of aromatic nitrogens is 1. The fourth-order valence-electron chi connectivity index (χ4n) is 3.49. The Morgan fingerprint density at radius 2 is 1.92 bits per heavy atom. The molecule has 132 valence electrons. The number of carboxylic acid groups (broad SMARTS) is 1. The van der Waals surface area contributed by atoms with Crippen LogP contribution in [0.1, 0.15) is 28.3 Å². The smallest absolute Gasteiger partial charge is 0.325 e. The highest BCUT2D eigenvalue weighted by atomic mass is 16.4. The van der Waals surface area contributed by atoms with Crippen LogP contribution in [0.3, 0.4) is 0 Å². The summed E-state index contributed by atoms with van der Waals surface area (Å²) in [6.07, 6.45) is 3.67. The second kappa shape index (κ2) is 7.76. The van der Waals surface area contributed by atoms with Crippen molar-refractivity contribution in [3.05, 3.63) is 65.0 Å². The Balaban J connectivity index is 1.69. The molecule has 1 saturated heterocycles. The fraction of sp³-hybridized carbons (Fsp3) is 0.400. The number of pyridine rings is 1. The third-order valence-electron chi connectivity index (χ3n) is 5.08. The summed E-state index contributed by atoms with van der Waals surface area (Å²) in [6.45, 7) is 8.15. The average molecular weight is 339 g/mol. The molecule has 0 aliphatic carbocycles.